The van der Waals surface area contributed by atoms with Gasteiger partial charge in [-0.1, -0.05) is 52.3 Å². The Bertz CT molecular complexity index is 1140. The number of nitrogens with zero attached hydrogens (tertiary/aromatic N) is 4. The molecular formula is C21H18BrN5O2. The lowest BCUT2D eigenvalue weighted by atomic mass is 10.2. The minimum atomic E-state index is -0.370. The predicted molar refractivity (Wildman–Crippen MR) is 114 cm³/mol. The van der Waals surface area contributed by atoms with Crippen molar-refractivity contribution in [2.75, 3.05) is 12.4 Å². The van der Waals surface area contributed by atoms with E-state index in [2.05, 4.69) is 31.4 Å². The number of carbonyl (C=O) groups is 1. The molecule has 8 heteroatoms. The maximum absolute atomic E-state index is 12.9. The van der Waals surface area contributed by atoms with Crippen LogP contribution in [-0.4, -0.2) is 32.6 Å². The Balaban J connectivity index is 1.57. The van der Waals surface area contributed by atoms with Gasteiger partial charge in [0.1, 0.15) is 5.82 Å². The first kappa shape index (κ1) is 18.9. The molecule has 0 aliphatic rings. The lowest BCUT2D eigenvalue weighted by Gasteiger charge is -2.10. The standard InChI is InChI=1S/C21H18BrN5O2/c1-29-18-14-26(16-8-3-2-4-9-16)25-20(18)21(28)24-19-11-12-23-27(19)13-15-7-5-6-10-17(15)22/h2-12,14H,13H2,1H3,(H,24,28). The number of anilines is 1. The molecule has 0 radical (unpaired) electrons. The van der Waals surface area contributed by atoms with Crippen molar-refractivity contribution in [3.8, 4) is 11.4 Å². The van der Waals surface area contributed by atoms with E-state index in [1.165, 1.54) is 7.11 Å². The number of halogens is 1. The SMILES string of the molecule is COc1cn(-c2ccccc2)nc1C(=O)Nc1ccnn1Cc1ccccc1Br. The number of benzene rings is 2. The molecule has 29 heavy (non-hydrogen) atoms. The first-order chi connectivity index (χ1) is 14.2. The molecule has 0 bridgehead atoms. The van der Waals surface area contributed by atoms with Crippen molar-refractivity contribution in [2.24, 2.45) is 0 Å². The third-order valence-corrected chi connectivity index (χ3v) is 5.15. The summed E-state index contributed by atoms with van der Waals surface area (Å²) in [5.74, 6) is 0.593. The molecule has 2 heterocycles. The second-order valence-corrected chi connectivity index (χ2v) is 7.10. The zero-order valence-electron chi connectivity index (χ0n) is 15.6. The smallest absolute Gasteiger partial charge is 0.281 e. The van der Waals surface area contributed by atoms with Gasteiger partial charge in [0.25, 0.3) is 5.91 Å². The van der Waals surface area contributed by atoms with E-state index >= 15 is 0 Å². The number of aromatic nitrogens is 4. The van der Waals surface area contributed by atoms with Gasteiger partial charge < -0.3 is 10.1 Å². The average Bonchev–Trinajstić information content (AvgIpc) is 3.37. The summed E-state index contributed by atoms with van der Waals surface area (Å²) < 4.78 is 9.68. The number of amides is 1. The fourth-order valence-corrected chi connectivity index (χ4v) is 3.32. The highest BCUT2D eigenvalue weighted by Gasteiger charge is 2.20. The van der Waals surface area contributed by atoms with Crippen LogP contribution in [0.4, 0.5) is 5.82 Å². The first-order valence-corrected chi connectivity index (χ1v) is 9.70. The van der Waals surface area contributed by atoms with Crippen molar-refractivity contribution >= 4 is 27.7 Å². The molecule has 1 N–H and O–H groups in total. The molecule has 0 spiro atoms. The van der Waals surface area contributed by atoms with E-state index in [0.29, 0.717) is 18.1 Å². The van der Waals surface area contributed by atoms with E-state index in [-0.39, 0.29) is 11.6 Å². The summed E-state index contributed by atoms with van der Waals surface area (Å²) in [6, 6.07) is 19.2. The second-order valence-electron chi connectivity index (χ2n) is 6.25. The van der Waals surface area contributed by atoms with Gasteiger partial charge >= 0.3 is 0 Å². The number of rotatable bonds is 6. The zero-order valence-corrected chi connectivity index (χ0v) is 17.2. The summed E-state index contributed by atoms with van der Waals surface area (Å²) in [5.41, 5.74) is 2.09. The minimum Gasteiger partial charge on any atom is -0.493 e. The van der Waals surface area contributed by atoms with Gasteiger partial charge in [-0.05, 0) is 23.8 Å². The lowest BCUT2D eigenvalue weighted by molar-refractivity contribution is 0.101. The normalized spacial score (nSPS) is 10.7. The van der Waals surface area contributed by atoms with Crippen molar-refractivity contribution < 1.29 is 9.53 Å². The van der Waals surface area contributed by atoms with Crippen LogP contribution >= 0.6 is 15.9 Å². The predicted octanol–water partition coefficient (Wildman–Crippen LogP) is 4.14. The van der Waals surface area contributed by atoms with Crippen LogP contribution in [0.5, 0.6) is 5.75 Å². The molecule has 0 saturated heterocycles. The highest BCUT2D eigenvalue weighted by molar-refractivity contribution is 9.10. The van der Waals surface area contributed by atoms with Crippen LogP contribution in [0.2, 0.25) is 0 Å². The number of methoxy groups -OCH3 is 1. The summed E-state index contributed by atoms with van der Waals surface area (Å²) in [5, 5.41) is 11.6. The Kier molecular flexibility index (Phi) is 5.44. The molecule has 0 atom stereocenters. The van der Waals surface area contributed by atoms with E-state index in [0.717, 1.165) is 15.7 Å². The molecule has 2 aromatic heterocycles. The number of carbonyl (C=O) groups excluding carboxylic acids is 1. The van der Waals surface area contributed by atoms with E-state index in [4.69, 9.17) is 4.74 Å². The van der Waals surface area contributed by atoms with Crippen LogP contribution in [0.25, 0.3) is 5.69 Å². The summed E-state index contributed by atoms with van der Waals surface area (Å²) in [7, 11) is 1.51. The van der Waals surface area contributed by atoms with Crippen molar-refractivity contribution in [3.05, 3.63) is 88.8 Å². The van der Waals surface area contributed by atoms with Crippen molar-refractivity contribution in [1.29, 1.82) is 0 Å². The Morgan fingerprint density at radius 3 is 2.62 bits per heavy atom. The second kappa shape index (κ2) is 8.32. The van der Waals surface area contributed by atoms with E-state index in [1.807, 2.05) is 54.6 Å². The van der Waals surface area contributed by atoms with Crippen LogP contribution in [0.1, 0.15) is 16.1 Å². The summed E-state index contributed by atoms with van der Waals surface area (Å²) >= 11 is 3.54. The largest absolute Gasteiger partial charge is 0.493 e. The summed E-state index contributed by atoms with van der Waals surface area (Å²) in [4.78, 5) is 12.9. The highest BCUT2D eigenvalue weighted by atomic mass is 79.9. The molecule has 0 fully saturated rings. The molecule has 1 amide bonds. The van der Waals surface area contributed by atoms with Gasteiger partial charge in [0, 0.05) is 10.5 Å². The highest BCUT2D eigenvalue weighted by Crippen LogP contribution is 2.22. The van der Waals surface area contributed by atoms with Gasteiger partial charge in [-0.3, -0.25) is 4.79 Å². The van der Waals surface area contributed by atoms with Gasteiger partial charge in [-0.2, -0.15) is 10.2 Å². The topological polar surface area (TPSA) is 74.0 Å². The Morgan fingerprint density at radius 2 is 1.86 bits per heavy atom. The fourth-order valence-electron chi connectivity index (χ4n) is 2.91. The first-order valence-electron chi connectivity index (χ1n) is 8.91. The molecule has 0 unspecified atom stereocenters. The molecule has 0 saturated carbocycles. The Morgan fingerprint density at radius 1 is 1.10 bits per heavy atom. The average molecular weight is 452 g/mol. The number of hydrogen-bond donors (Lipinski definition) is 1. The molecule has 0 aliphatic carbocycles. The van der Waals surface area contributed by atoms with Crippen LogP contribution in [0.15, 0.2) is 77.5 Å². The van der Waals surface area contributed by atoms with E-state index in [9.17, 15) is 4.79 Å². The summed E-state index contributed by atoms with van der Waals surface area (Å²) in [6.07, 6.45) is 3.33. The maximum Gasteiger partial charge on any atom is 0.281 e. The van der Waals surface area contributed by atoms with Gasteiger partial charge in [0.15, 0.2) is 11.4 Å². The Labute approximate surface area is 176 Å². The van der Waals surface area contributed by atoms with Crippen LogP contribution in [0, 0.1) is 0 Å². The van der Waals surface area contributed by atoms with Gasteiger partial charge in [0.2, 0.25) is 0 Å². The molecular weight excluding hydrogens is 434 g/mol. The van der Waals surface area contributed by atoms with Gasteiger partial charge in [-0.25, -0.2) is 9.36 Å². The number of ether oxygens (including phenoxy) is 1. The molecule has 4 aromatic rings. The third-order valence-electron chi connectivity index (χ3n) is 4.37. The monoisotopic (exact) mass is 451 g/mol. The zero-order chi connectivity index (χ0) is 20.2. The summed E-state index contributed by atoms with van der Waals surface area (Å²) in [6.45, 7) is 0.514. The Hall–Kier alpha value is -3.39. The maximum atomic E-state index is 12.9. The minimum absolute atomic E-state index is 0.199. The van der Waals surface area contributed by atoms with Crippen LogP contribution < -0.4 is 10.1 Å². The van der Waals surface area contributed by atoms with Crippen LogP contribution in [-0.2, 0) is 6.54 Å². The molecule has 146 valence electrons. The van der Waals surface area contributed by atoms with E-state index in [1.54, 1.807) is 27.8 Å². The number of para-hydroxylation sites is 1. The van der Waals surface area contributed by atoms with Crippen molar-refractivity contribution in [1.82, 2.24) is 19.6 Å². The molecule has 7 nitrogen and oxygen atoms in total. The van der Waals surface area contributed by atoms with Gasteiger partial charge in [-0.15, -0.1) is 0 Å². The van der Waals surface area contributed by atoms with Crippen molar-refractivity contribution in [2.45, 2.75) is 6.54 Å². The fraction of sp³-hybridized carbons (Fsp3) is 0.0952. The lowest BCUT2D eigenvalue weighted by Crippen LogP contribution is -2.17. The molecule has 4 rings (SSSR count). The van der Waals surface area contributed by atoms with Crippen LogP contribution in [0.3, 0.4) is 0 Å². The molecule has 0 aliphatic heterocycles. The number of hydrogen-bond acceptors (Lipinski definition) is 4. The molecule has 2 aromatic carbocycles. The third kappa shape index (κ3) is 4.07. The van der Waals surface area contributed by atoms with Crippen molar-refractivity contribution in [3.63, 3.8) is 0 Å². The number of nitrogens with one attached hydrogen (secondary N) is 1. The van der Waals surface area contributed by atoms with Gasteiger partial charge in [0.05, 0.1) is 31.7 Å². The quantitative estimate of drug-likeness (QED) is 0.477. The van der Waals surface area contributed by atoms with E-state index < -0.39 is 0 Å².